The van der Waals surface area contributed by atoms with Crippen LogP contribution in [0.1, 0.15) is 34.2 Å². The number of ether oxygens (including phenoxy) is 1. The molecular formula is C15H20N2OS. The first-order chi connectivity index (χ1) is 9.26. The fraction of sp³-hybridized carbons (Fsp3) is 0.400. The van der Waals surface area contributed by atoms with Crippen LogP contribution in [-0.4, -0.2) is 18.6 Å². The van der Waals surface area contributed by atoms with Gasteiger partial charge in [-0.25, -0.2) is 4.98 Å². The fourth-order valence-electron chi connectivity index (χ4n) is 1.97. The zero-order valence-corrected chi connectivity index (χ0v) is 12.5. The lowest BCUT2D eigenvalue weighted by Gasteiger charge is -2.12. The van der Waals surface area contributed by atoms with E-state index in [1.165, 1.54) is 4.88 Å². The van der Waals surface area contributed by atoms with Gasteiger partial charge >= 0.3 is 0 Å². The molecule has 0 spiro atoms. The minimum atomic E-state index is -0.0692. The van der Waals surface area contributed by atoms with Crippen molar-refractivity contribution in [1.82, 2.24) is 10.3 Å². The Balaban J connectivity index is 2.24. The number of aryl methyl sites for hydroxylation is 1. The van der Waals surface area contributed by atoms with Gasteiger partial charge in [0.2, 0.25) is 0 Å². The van der Waals surface area contributed by atoms with E-state index in [0.717, 1.165) is 29.4 Å². The first kappa shape index (κ1) is 14.2. The van der Waals surface area contributed by atoms with Crippen LogP contribution in [0.25, 0.3) is 0 Å². The first-order valence-corrected chi connectivity index (χ1v) is 7.32. The summed E-state index contributed by atoms with van der Waals surface area (Å²) < 4.78 is 5.62. The van der Waals surface area contributed by atoms with Crippen LogP contribution in [0.2, 0.25) is 0 Å². The highest BCUT2D eigenvalue weighted by atomic mass is 32.1. The Kier molecular flexibility index (Phi) is 5.07. The molecule has 0 aliphatic rings. The maximum Gasteiger partial charge on any atom is 0.134 e. The standard InChI is InChI=1S/C15H20N2OS/c1-4-16-10-13-11(2)17-15(19-13)14(18-3)12-8-6-5-7-9-12/h5-9,14,16H,4,10H2,1-3H3. The highest BCUT2D eigenvalue weighted by molar-refractivity contribution is 7.11. The number of thiazole rings is 1. The number of benzene rings is 1. The quantitative estimate of drug-likeness (QED) is 0.879. The molecule has 0 saturated carbocycles. The maximum absolute atomic E-state index is 5.62. The van der Waals surface area contributed by atoms with E-state index >= 15 is 0 Å². The lowest BCUT2D eigenvalue weighted by Crippen LogP contribution is -2.11. The van der Waals surface area contributed by atoms with Crippen LogP contribution in [0.15, 0.2) is 30.3 Å². The van der Waals surface area contributed by atoms with Crippen LogP contribution >= 0.6 is 11.3 Å². The lowest BCUT2D eigenvalue weighted by molar-refractivity contribution is 0.136. The van der Waals surface area contributed by atoms with Crippen molar-refractivity contribution in [3.63, 3.8) is 0 Å². The highest BCUT2D eigenvalue weighted by Crippen LogP contribution is 2.30. The molecule has 102 valence electrons. The second-order valence-electron chi connectivity index (χ2n) is 4.37. The van der Waals surface area contributed by atoms with E-state index in [-0.39, 0.29) is 6.10 Å². The molecule has 4 heteroatoms. The average Bonchev–Trinajstić information content (AvgIpc) is 2.79. The molecule has 0 amide bonds. The predicted octanol–water partition coefficient (Wildman–Crippen LogP) is 3.30. The summed E-state index contributed by atoms with van der Waals surface area (Å²) in [4.78, 5) is 5.95. The van der Waals surface area contributed by atoms with Crippen molar-refractivity contribution in [2.24, 2.45) is 0 Å². The SMILES string of the molecule is CCNCc1sc(C(OC)c2ccccc2)nc1C. The Bertz CT molecular complexity index is 510. The van der Waals surface area contributed by atoms with E-state index in [2.05, 4.69) is 36.3 Å². The van der Waals surface area contributed by atoms with Crippen molar-refractivity contribution in [2.75, 3.05) is 13.7 Å². The second-order valence-corrected chi connectivity index (χ2v) is 5.48. The summed E-state index contributed by atoms with van der Waals surface area (Å²) in [6, 6.07) is 10.2. The molecule has 2 aromatic rings. The molecule has 0 aliphatic carbocycles. The van der Waals surface area contributed by atoms with E-state index in [4.69, 9.17) is 4.74 Å². The molecule has 0 aliphatic heterocycles. The van der Waals surface area contributed by atoms with Gasteiger partial charge in [0, 0.05) is 18.5 Å². The molecule has 0 saturated heterocycles. The van der Waals surface area contributed by atoms with Crippen LogP contribution in [-0.2, 0) is 11.3 Å². The monoisotopic (exact) mass is 276 g/mol. The molecule has 1 unspecified atom stereocenters. The van der Waals surface area contributed by atoms with Crippen molar-refractivity contribution in [3.05, 3.63) is 51.5 Å². The van der Waals surface area contributed by atoms with Crippen molar-refractivity contribution < 1.29 is 4.74 Å². The number of hydrogen-bond donors (Lipinski definition) is 1. The molecule has 1 N–H and O–H groups in total. The van der Waals surface area contributed by atoms with E-state index < -0.39 is 0 Å². The molecule has 0 fully saturated rings. The summed E-state index contributed by atoms with van der Waals surface area (Å²) in [6.07, 6.45) is -0.0692. The number of nitrogens with one attached hydrogen (secondary N) is 1. The third-order valence-corrected chi connectivity index (χ3v) is 4.21. The summed E-state index contributed by atoms with van der Waals surface area (Å²) in [7, 11) is 1.73. The molecular weight excluding hydrogens is 256 g/mol. The largest absolute Gasteiger partial charge is 0.370 e. The predicted molar refractivity (Wildman–Crippen MR) is 79.5 cm³/mol. The number of aromatic nitrogens is 1. The van der Waals surface area contributed by atoms with Crippen molar-refractivity contribution in [2.45, 2.75) is 26.5 Å². The van der Waals surface area contributed by atoms with Crippen LogP contribution in [0, 0.1) is 6.92 Å². The summed E-state index contributed by atoms with van der Waals surface area (Å²) in [5.74, 6) is 0. The van der Waals surface area contributed by atoms with Crippen molar-refractivity contribution in [3.8, 4) is 0 Å². The van der Waals surface area contributed by atoms with Gasteiger partial charge in [-0.2, -0.15) is 0 Å². The third-order valence-electron chi connectivity index (χ3n) is 3.01. The van der Waals surface area contributed by atoms with E-state index in [1.807, 2.05) is 18.2 Å². The van der Waals surface area contributed by atoms with Crippen molar-refractivity contribution in [1.29, 1.82) is 0 Å². The Morgan fingerprint density at radius 2 is 2.05 bits per heavy atom. The third kappa shape index (κ3) is 3.41. The first-order valence-electron chi connectivity index (χ1n) is 6.51. The number of rotatable bonds is 6. The van der Waals surface area contributed by atoms with Gasteiger partial charge in [0.05, 0.1) is 5.69 Å². The van der Waals surface area contributed by atoms with Gasteiger partial charge in [-0.15, -0.1) is 11.3 Å². The zero-order valence-electron chi connectivity index (χ0n) is 11.6. The Labute approximate surface area is 118 Å². The zero-order chi connectivity index (χ0) is 13.7. The molecule has 1 aromatic carbocycles. The average molecular weight is 276 g/mol. The van der Waals surface area contributed by atoms with Gasteiger partial charge in [0.15, 0.2) is 0 Å². The van der Waals surface area contributed by atoms with Crippen LogP contribution in [0.4, 0.5) is 0 Å². The van der Waals surface area contributed by atoms with Gasteiger partial charge in [0.25, 0.3) is 0 Å². The van der Waals surface area contributed by atoms with Gasteiger partial charge < -0.3 is 10.1 Å². The van der Waals surface area contributed by atoms with Crippen LogP contribution in [0.5, 0.6) is 0 Å². The van der Waals surface area contributed by atoms with Gasteiger partial charge in [0.1, 0.15) is 11.1 Å². The molecule has 1 heterocycles. The molecule has 1 atom stereocenters. The Hall–Kier alpha value is -1.23. The molecule has 2 rings (SSSR count). The molecule has 19 heavy (non-hydrogen) atoms. The Morgan fingerprint density at radius 3 is 2.68 bits per heavy atom. The molecule has 0 bridgehead atoms. The molecule has 0 radical (unpaired) electrons. The van der Waals surface area contributed by atoms with Gasteiger partial charge in [-0.3, -0.25) is 0 Å². The number of nitrogens with zero attached hydrogens (tertiary/aromatic N) is 1. The fourth-order valence-corrected chi connectivity index (χ4v) is 3.11. The second kappa shape index (κ2) is 6.80. The topological polar surface area (TPSA) is 34.1 Å². The number of hydrogen-bond acceptors (Lipinski definition) is 4. The normalized spacial score (nSPS) is 12.6. The minimum Gasteiger partial charge on any atom is -0.370 e. The summed E-state index contributed by atoms with van der Waals surface area (Å²) in [6.45, 7) is 6.02. The van der Waals surface area contributed by atoms with Crippen molar-refractivity contribution >= 4 is 11.3 Å². The Morgan fingerprint density at radius 1 is 1.32 bits per heavy atom. The summed E-state index contributed by atoms with van der Waals surface area (Å²) >= 11 is 1.73. The summed E-state index contributed by atoms with van der Waals surface area (Å²) in [5, 5.41) is 4.37. The van der Waals surface area contributed by atoms with Crippen LogP contribution < -0.4 is 5.32 Å². The van der Waals surface area contributed by atoms with Gasteiger partial charge in [-0.1, -0.05) is 37.3 Å². The molecule has 3 nitrogen and oxygen atoms in total. The van der Waals surface area contributed by atoms with E-state index in [1.54, 1.807) is 18.4 Å². The molecule has 1 aromatic heterocycles. The lowest BCUT2D eigenvalue weighted by atomic mass is 10.1. The van der Waals surface area contributed by atoms with E-state index in [0.29, 0.717) is 0 Å². The smallest absolute Gasteiger partial charge is 0.134 e. The minimum absolute atomic E-state index is 0.0692. The van der Waals surface area contributed by atoms with Crippen LogP contribution in [0.3, 0.4) is 0 Å². The van der Waals surface area contributed by atoms with Gasteiger partial charge in [-0.05, 0) is 19.0 Å². The van der Waals surface area contributed by atoms with E-state index in [9.17, 15) is 0 Å². The summed E-state index contributed by atoms with van der Waals surface area (Å²) in [5.41, 5.74) is 2.24. The maximum atomic E-state index is 5.62. The highest BCUT2D eigenvalue weighted by Gasteiger charge is 2.18. The number of methoxy groups -OCH3 is 1.